The van der Waals surface area contributed by atoms with Gasteiger partial charge in [-0.2, -0.15) is 0 Å². The van der Waals surface area contributed by atoms with Crippen LogP contribution in [0.15, 0.2) is 176 Å². The van der Waals surface area contributed by atoms with Crippen LogP contribution in [-0.2, 0) is 0 Å². The van der Waals surface area contributed by atoms with E-state index in [1.807, 2.05) is 11.3 Å². The van der Waals surface area contributed by atoms with Gasteiger partial charge in [-0.05, 0) is 80.2 Å². The van der Waals surface area contributed by atoms with E-state index in [0.29, 0.717) is 0 Å². The van der Waals surface area contributed by atoms with Crippen LogP contribution in [0.25, 0.3) is 64.0 Å². The monoisotopic (exact) mass is 603 g/mol. The minimum absolute atomic E-state index is 1.13. The van der Waals surface area contributed by atoms with Crippen LogP contribution in [0.3, 0.4) is 0 Å². The number of benzene rings is 8. The molecule has 1 nitrogen and oxygen atoms in total. The van der Waals surface area contributed by atoms with Crippen LogP contribution in [-0.4, -0.2) is 0 Å². The summed E-state index contributed by atoms with van der Waals surface area (Å²) in [6, 6.07) is 63.8. The molecule has 0 atom stereocenters. The first-order valence-electron chi connectivity index (χ1n) is 15.7. The van der Waals surface area contributed by atoms with Gasteiger partial charge in [-0.15, -0.1) is 11.3 Å². The maximum atomic E-state index is 2.40. The molecule has 8 aromatic carbocycles. The summed E-state index contributed by atoms with van der Waals surface area (Å²) in [5, 5.41) is 7.76. The molecule has 0 fully saturated rings. The Morgan fingerprint density at radius 1 is 0.370 bits per heavy atom. The molecular formula is C44H29NS. The third-order valence-corrected chi connectivity index (χ3v) is 10.2. The first-order valence-corrected chi connectivity index (χ1v) is 16.5. The van der Waals surface area contributed by atoms with E-state index in [9.17, 15) is 0 Å². The molecule has 0 amide bonds. The smallest absolute Gasteiger partial charge is 0.0640 e. The highest BCUT2D eigenvalue weighted by molar-refractivity contribution is 7.26. The topological polar surface area (TPSA) is 3.24 Å². The summed E-state index contributed by atoms with van der Waals surface area (Å²) in [6.45, 7) is 0. The normalized spacial score (nSPS) is 11.5. The van der Waals surface area contributed by atoms with Crippen LogP contribution >= 0.6 is 11.3 Å². The van der Waals surface area contributed by atoms with Crippen LogP contribution < -0.4 is 4.90 Å². The quantitative estimate of drug-likeness (QED) is 0.189. The molecule has 1 aromatic heterocycles. The van der Waals surface area contributed by atoms with Gasteiger partial charge in [0.15, 0.2) is 0 Å². The first-order chi connectivity index (χ1) is 22.8. The second kappa shape index (κ2) is 11.0. The molecule has 0 bridgehead atoms. The largest absolute Gasteiger partial charge is 0.309 e. The van der Waals surface area contributed by atoms with Gasteiger partial charge >= 0.3 is 0 Å². The Hall–Kier alpha value is -5.70. The summed E-state index contributed by atoms with van der Waals surface area (Å²) < 4.78 is 2.61. The SMILES string of the molecule is c1ccc(-c2cccc3cccc(-c4ccc(N(c5ccccc5)c5cccc6c5sc5ccc7ccccc7c56)cc4)c23)cc1. The number of hydrogen-bond donors (Lipinski definition) is 0. The lowest BCUT2D eigenvalue weighted by Gasteiger charge is -2.26. The molecular weight excluding hydrogens is 575 g/mol. The number of rotatable bonds is 5. The van der Waals surface area contributed by atoms with Crippen LogP contribution in [0, 0.1) is 0 Å². The standard InChI is InChI=1S/C44H29NS/c1-3-12-30(13-4-1)36-20-9-15-33-16-10-21-37(42(33)36)32-24-27-35(28-25-32)45(34-17-5-2-6-18-34)40-23-11-22-39-43-38-19-8-7-14-31(38)26-29-41(43)46-44(39)40/h1-29H. The summed E-state index contributed by atoms with van der Waals surface area (Å²) in [5.74, 6) is 0. The molecule has 0 saturated heterocycles. The van der Waals surface area contributed by atoms with Crippen molar-refractivity contribution in [3.8, 4) is 22.3 Å². The maximum Gasteiger partial charge on any atom is 0.0640 e. The molecule has 0 saturated carbocycles. The Morgan fingerprint density at radius 3 is 1.72 bits per heavy atom. The predicted octanol–water partition coefficient (Wildman–Crippen LogP) is 13.2. The Morgan fingerprint density at radius 2 is 0.957 bits per heavy atom. The molecule has 0 radical (unpaired) electrons. The molecule has 2 heteroatoms. The molecule has 0 aliphatic rings. The number of hydrogen-bond acceptors (Lipinski definition) is 2. The van der Waals surface area contributed by atoms with E-state index in [0.717, 1.165) is 11.4 Å². The van der Waals surface area contributed by atoms with Crippen LogP contribution in [0.5, 0.6) is 0 Å². The molecule has 0 N–H and O–H groups in total. The Kier molecular flexibility index (Phi) is 6.40. The zero-order valence-corrected chi connectivity index (χ0v) is 25.9. The van der Waals surface area contributed by atoms with E-state index in [1.54, 1.807) is 0 Å². The van der Waals surface area contributed by atoms with Crippen LogP contribution in [0.4, 0.5) is 17.1 Å². The van der Waals surface area contributed by atoms with Crippen molar-refractivity contribution in [2.45, 2.75) is 0 Å². The van der Waals surface area contributed by atoms with Crippen molar-refractivity contribution in [3.63, 3.8) is 0 Å². The molecule has 46 heavy (non-hydrogen) atoms. The highest BCUT2D eigenvalue weighted by Gasteiger charge is 2.19. The van der Waals surface area contributed by atoms with Gasteiger partial charge in [0.05, 0.1) is 10.4 Å². The van der Waals surface area contributed by atoms with E-state index >= 15 is 0 Å². The Bertz CT molecular complexity index is 2510. The summed E-state index contributed by atoms with van der Waals surface area (Å²) in [6.07, 6.45) is 0. The second-order valence-corrected chi connectivity index (χ2v) is 12.8. The molecule has 0 unspecified atom stereocenters. The summed E-state index contributed by atoms with van der Waals surface area (Å²) in [7, 11) is 0. The molecule has 0 aliphatic heterocycles. The summed E-state index contributed by atoms with van der Waals surface area (Å²) in [4.78, 5) is 2.40. The molecule has 9 aromatic rings. The second-order valence-electron chi connectivity index (χ2n) is 11.7. The molecule has 1 heterocycles. The van der Waals surface area contributed by atoms with Gasteiger partial charge in [0.2, 0.25) is 0 Å². The minimum Gasteiger partial charge on any atom is -0.309 e. The van der Waals surface area contributed by atoms with E-state index in [1.165, 1.54) is 69.7 Å². The van der Waals surface area contributed by atoms with Gasteiger partial charge in [0, 0.05) is 26.8 Å². The highest BCUT2D eigenvalue weighted by Crippen LogP contribution is 2.47. The van der Waals surface area contributed by atoms with Crippen molar-refractivity contribution in [1.82, 2.24) is 0 Å². The summed E-state index contributed by atoms with van der Waals surface area (Å²) >= 11 is 1.88. The van der Waals surface area contributed by atoms with Crippen LogP contribution in [0.1, 0.15) is 0 Å². The van der Waals surface area contributed by atoms with Crippen molar-refractivity contribution in [1.29, 1.82) is 0 Å². The third kappa shape index (κ3) is 4.38. The van der Waals surface area contributed by atoms with Gasteiger partial charge in [0.1, 0.15) is 0 Å². The van der Waals surface area contributed by atoms with E-state index in [4.69, 9.17) is 0 Å². The third-order valence-electron chi connectivity index (χ3n) is 9.05. The number of fused-ring (bicyclic) bond motifs is 6. The minimum atomic E-state index is 1.13. The van der Waals surface area contributed by atoms with Crippen molar-refractivity contribution in [3.05, 3.63) is 176 Å². The lowest BCUT2D eigenvalue weighted by molar-refractivity contribution is 1.30. The van der Waals surface area contributed by atoms with E-state index in [-0.39, 0.29) is 0 Å². The lowest BCUT2D eigenvalue weighted by atomic mass is 9.91. The fraction of sp³-hybridized carbons (Fsp3) is 0. The lowest BCUT2D eigenvalue weighted by Crippen LogP contribution is -2.09. The molecule has 0 aliphatic carbocycles. The van der Waals surface area contributed by atoms with Gasteiger partial charge in [-0.1, -0.05) is 140 Å². The average Bonchev–Trinajstić information content (AvgIpc) is 3.53. The van der Waals surface area contributed by atoms with Crippen molar-refractivity contribution in [2.75, 3.05) is 4.90 Å². The number of nitrogens with zero attached hydrogens (tertiary/aromatic N) is 1. The van der Waals surface area contributed by atoms with Gasteiger partial charge in [0.25, 0.3) is 0 Å². The van der Waals surface area contributed by atoms with Crippen molar-refractivity contribution < 1.29 is 0 Å². The fourth-order valence-electron chi connectivity index (χ4n) is 6.96. The van der Waals surface area contributed by atoms with E-state index < -0.39 is 0 Å². The van der Waals surface area contributed by atoms with Gasteiger partial charge in [-0.25, -0.2) is 0 Å². The number of anilines is 3. The zero-order chi connectivity index (χ0) is 30.5. The van der Waals surface area contributed by atoms with Gasteiger partial charge in [-0.3, -0.25) is 0 Å². The Labute approximate surface area is 272 Å². The molecule has 9 rings (SSSR count). The number of para-hydroxylation sites is 1. The fourth-order valence-corrected chi connectivity index (χ4v) is 8.19. The summed E-state index contributed by atoms with van der Waals surface area (Å²) in [5.41, 5.74) is 8.41. The average molecular weight is 604 g/mol. The van der Waals surface area contributed by atoms with Gasteiger partial charge < -0.3 is 4.90 Å². The van der Waals surface area contributed by atoms with Crippen molar-refractivity contribution in [2.24, 2.45) is 0 Å². The Balaban J connectivity index is 1.22. The molecule has 0 spiro atoms. The van der Waals surface area contributed by atoms with Crippen LogP contribution in [0.2, 0.25) is 0 Å². The van der Waals surface area contributed by atoms with E-state index in [2.05, 4.69) is 181 Å². The van der Waals surface area contributed by atoms with Crippen molar-refractivity contribution >= 4 is 70.1 Å². The first kappa shape index (κ1) is 26.7. The highest BCUT2D eigenvalue weighted by atomic mass is 32.1. The molecule has 216 valence electrons. The zero-order valence-electron chi connectivity index (χ0n) is 25.1. The number of thiophene rings is 1. The maximum absolute atomic E-state index is 2.40. The predicted molar refractivity (Wildman–Crippen MR) is 200 cm³/mol.